The summed E-state index contributed by atoms with van der Waals surface area (Å²) in [6, 6.07) is 6.37. The Bertz CT molecular complexity index is 456. The van der Waals surface area contributed by atoms with Crippen molar-refractivity contribution in [3.63, 3.8) is 0 Å². The van der Waals surface area contributed by atoms with Crippen LogP contribution in [0.5, 0.6) is 0 Å². The molecular weight excluding hydrogens is 288 g/mol. The van der Waals surface area contributed by atoms with Gasteiger partial charge >= 0.3 is 0 Å². The molecule has 0 aliphatic rings. The van der Waals surface area contributed by atoms with Crippen LogP contribution in [0.15, 0.2) is 18.2 Å². The lowest BCUT2D eigenvalue weighted by molar-refractivity contribution is 0.507. The SMILES string of the molecule is CCC(CC)N(CC(C)C)c1ccc(C(N)=S)cc1Cl. The van der Waals surface area contributed by atoms with Gasteiger partial charge in [-0.05, 0) is 37.0 Å². The van der Waals surface area contributed by atoms with Gasteiger partial charge in [-0.1, -0.05) is 51.5 Å². The van der Waals surface area contributed by atoms with Crippen LogP contribution in [-0.2, 0) is 0 Å². The first-order valence-electron chi connectivity index (χ1n) is 7.26. The molecule has 2 nitrogen and oxygen atoms in total. The van der Waals surface area contributed by atoms with Gasteiger partial charge in [0.2, 0.25) is 0 Å². The van der Waals surface area contributed by atoms with E-state index in [0.29, 0.717) is 16.9 Å². The van der Waals surface area contributed by atoms with Crippen LogP contribution in [0, 0.1) is 5.92 Å². The zero-order chi connectivity index (χ0) is 15.3. The minimum absolute atomic E-state index is 0.386. The molecule has 0 spiro atoms. The molecule has 0 unspecified atom stereocenters. The summed E-state index contributed by atoms with van der Waals surface area (Å²) in [6.07, 6.45) is 2.22. The molecule has 1 aromatic rings. The van der Waals surface area contributed by atoms with E-state index in [0.717, 1.165) is 35.7 Å². The number of halogens is 1. The van der Waals surface area contributed by atoms with Crippen molar-refractivity contribution in [2.24, 2.45) is 11.7 Å². The Balaban J connectivity index is 3.16. The molecule has 2 N–H and O–H groups in total. The molecule has 0 aromatic heterocycles. The largest absolute Gasteiger partial charge is 0.389 e. The number of hydrogen-bond donors (Lipinski definition) is 1. The third kappa shape index (κ3) is 4.35. The van der Waals surface area contributed by atoms with E-state index in [1.165, 1.54) is 0 Å². The van der Waals surface area contributed by atoms with Gasteiger partial charge in [0.25, 0.3) is 0 Å². The molecule has 0 radical (unpaired) electrons. The van der Waals surface area contributed by atoms with E-state index >= 15 is 0 Å². The summed E-state index contributed by atoms with van der Waals surface area (Å²) >= 11 is 11.5. The second-order valence-corrected chi connectivity index (χ2v) is 6.39. The molecule has 0 atom stereocenters. The molecule has 0 aliphatic carbocycles. The standard InChI is InChI=1S/C16H25ClN2S/c1-5-13(6-2)19(10-11(3)4)15-8-7-12(16(18)20)9-14(15)17/h7-9,11,13H,5-6,10H2,1-4H3,(H2,18,20). The highest BCUT2D eigenvalue weighted by atomic mass is 35.5. The van der Waals surface area contributed by atoms with Crippen molar-refractivity contribution in [1.82, 2.24) is 0 Å². The first-order chi connectivity index (χ1) is 9.40. The average Bonchev–Trinajstić information content (AvgIpc) is 2.38. The van der Waals surface area contributed by atoms with E-state index in [1.807, 2.05) is 18.2 Å². The number of hydrogen-bond acceptors (Lipinski definition) is 2. The lowest BCUT2D eigenvalue weighted by Crippen LogP contribution is -2.37. The van der Waals surface area contributed by atoms with E-state index in [9.17, 15) is 0 Å². The average molecular weight is 313 g/mol. The molecule has 1 aromatic carbocycles. The van der Waals surface area contributed by atoms with Crippen molar-refractivity contribution >= 4 is 34.5 Å². The molecule has 112 valence electrons. The quantitative estimate of drug-likeness (QED) is 0.745. The zero-order valence-electron chi connectivity index (χ0n) is 12.8. The maximum Gasteiger partial charge on any atom is 0.104 e. The predicted molar refractivity (Wildman–Crippen MR) is 93.9 cm³/mol. The molecule has 20 heavy (non-hydrogen) atoms. The number of nitrogens with two attached hydrogens (primary N) is 1. The van der Waals surface area contributed by atoms with E-state index in [-0.39, 0.29) is 0 Å². The van der Waals surface area contributed by atoms with Crippen LogP contribution >= 0.6 is 23.8 Å². The van der Waals surface area contributed by atoms with Gasteiger partial charge in [-0.3, -0.25) is 0 Å². The summed E-state index contributed by atoms with van der Waals surface area (Å²) in [5.41, 5.74) is 7.56. The van der Waals surface area contributed by atoms with Crippen LogP contribution in [-0.4, -0.2) is 17.6 Å². The molecule has 0 saturated heterocycles. The maximum atomic E-state index is 6.45. The van der Waals surface area contributed by atoms with E-state index in [2.05, 4.69) is 32.6 Å². The molecule has 0 amide bonds. The first-order valence-corrected chi connectivity index (χ1v) is 8.05. The van der Waals surface area contributed by atoms with Gasteiger partial charge in [-0.2, -0.15) is 0 Å². The Morgan fingerprint density at radius 1 is 1.30 bits per heavy atom. The molecule has 0 aliphatic heterocycles. The van der Waals surface area contributed by atoms with Gasteiger partial charge in [0.15, 0.2) is 0 Å². The Morgan fingerprint density at radius 2 is 1.90 bits per heavy atom. The number of anilines is 1. The van der Waals surface area contributed by atoms with Crippen LogP contribution < -0.4 is 10.6 Å². The topological polar surface area (TPSA) is 29.3 Å². The Labute approximate surface area is 133 Å². The van der Waals surface area contributed by atoms with Crippen LogP contribution in [0.4, 0.5) is 5.69 Å². The zero-order valence-corrected chi connectivity index (χ0v) is 14.4. The lowest BCUT2D eigenvalue weighted by atomic mass is 10.1. The van der Waals surface area contributed by atoms with Gasteiger partial charge < -0.3 is 10.6 Å². The molecule has 0 fully saturated rings. The highest BCUT2D eigenvalue weighted by Crippen LogP contribution is 2.30. The number of benzene rings is 1. The van der Waals surface area contributed by atoms with Crippen LogP contribution in [0.3, 0.4) is 0 Å². The molecular formula is C16H25ClN2S. The fourth-order valence-electron chi connectivity index (χ4n) is 2.46. The maximum absolute atomic E-state index is 6.45. The van der Waals surface area contributed by atoms with E-state index < -0.39 is 0 Å². The van der Waals surface area contributed by atoms with Crippen LogP contribution in [0.25, 0.3) is 0 Å². The van der Waals surface area contributed by atoms with Crippen molar-refractivity contribution in [2.75, 3.05) is 11.4 Å². The number of thiocarbonyl (C=S) groups is 1. The van der Waals surface area contributed by atoms with E-state index in [1.54, 1.807) is 0 Å². The summed E-state index contributed by atoms with van der Waals surface area (Å²) in [5.74, 6) is 0.585. The Morgan fingerprint density at radius 3 is 2.30 bits per heavy atom. The minimum atomic E-state index is 0.386. The second-order valence-electron chi connectivity index (χ2n) is 5.55. The summed E-state index contributed by atoms with van der Waals surface area (Å²) in [7, 11) is 0. The number of rotatable bonds is 7. The molecule has 4 heteroatoms. The molecule has 0 bridgehead atoms. The first kappa shape index (κ1) is 17.3. The van der Waals surface area contributed by atoms with Gasteiger partial charge in [-0.25, -0.2) is 0 Å². The Kier molecular flexibility index (Phi) is 6.77. The summed E-state index contributed by atoms with van der Waals surface area (Å²) in [4.78, 5) is 2.80. The summed E-state index contributed by atoms with van der Waals surface area (Å²) in [6.45, 7) is 9.90. The molecule has 1 rings (SSSR count). The van der Waals surface area contributed by atoms with Crippen molar-refractivity contribution < 1.29 is 0 Å². The van der Waals surface area contributed by atoms with Crippen molar-refractivity contribution in [3.8, 4) is 0 Å². The monoisotopic (exact) mass is 312 g/mol. The predicted octanol–water partition coefficient (Wildman–Crippen LogP) is 4.63. The molecule has 0 heterocycles. The molecule has 0 saturated carbocycles. The number of nitrogens with zero attached hydrogens (tertiary/aromatic N) is 1. The smallest absolute Gasteiger partial charge is 0.104 e. The van der Waals surface area contributed by atoms with Crippen molar-refractivity contribution in [3.05, 3.63) is 28.8 Å². The third-order valence-corrected chi connectivity index (χ3v) is 4.03. The highest BCUT2D eigenvalue weighted by Gasteiger charge is 2.19. The van der Waals surface area contributed by atoms with Crippen LogP contribution in [0.2, 0.25) is 5.02 Å². The van der Waals surface area contributed by atoms with Gasteiger partial charge in [0.1, 0.15) is 4.99 Å². The fraction of sp³-hybridized carbons (Fsp3) is 0.562. The fourth-order valence-corrected chi connectivity index (χ4v) is 2.88. The second kappa shape index (κ2) is 7.84. The van der Waals surface area contributed by atoms with Gasteiger partial charge in [0, 0.05) is 18.2 Å². The highest BCUT2D eigenvalue weighted by molar-refractivity contribution is 7.80. The van der Waals surface area contributed by atoms with Crippen LogP contribution in [0.1, 0.15) is 46.1 Å². The van der Waals surface area contributed by atoms with Gasteiger partial charge in [-0.15, -0.1) is 0 Å². The summed E-state index contributed by atoms with van der Waals surface area (Å²) in [5, 5.41) is 0.725. The minimum Gasteiger partial charge on any atom is -0.389 e. The normalized spacial score (nSPS) is 11.2. The lowest BCUT2D eigenvalue weighted by Gasteiger charge is -2.35. The Hall–Kier alpha value is -0.800. The van der Waals surface area contributed by atoms with E-state index in [4.69, 9.17) is 29.6 Å². The van der Waals surface area contributed by atoms with Gasteiger partial charge in [0.05, 0.1) is 10.7 Å². The third-order valence-electron chi connectivity index (χ3n) is 3.49. The van der Waals surface area contributed by atoms with Crippen molar-refractivity contribution in [1.29, 1.82) is 0 Å². The summed E-state index contributed by atoms with van der Waals surface area (Å²) < 4.78 is 0. The van der Waals surface area contributed by atoms with Crippen molar-refractivity contribution in [2.45, 2.75) is 46.6 Å².